The number of carbonyl (C=O) groups excluding carboxylic acids is 1. The van der Waals surface area contributed by atoms with Crippen LogP contribution in [0, 0.1) is 17.1 Å². The number of hydrogen-bond acceptors (Lipinski definition) is 3. The average Bonchev–Trinajstić information content (AvgIpc) is 2.69. The van der Waals surface area contributed by atoms with Gasteiger partial charge in [0.2, 0.25) is 5.91 Å². The summed E-state index contributed by atoms with van der Waals surface area (Å²) in [6.45, 7) is 1.41. The van der Waals surface area contributed by atoms with Gasteiger partial charge in [-0.3, -0.25) is 9.69 Å². The zero-order valence-electron chi connectivity index (χ0n) is 14.7. The molecule has 136 valence electrons. The van der Waals surface area contributed by atoms with Crippen molar-refractivity contribution < 1.29 is 14.1 Å². The third-order valence-electron chi connectivity index (χ3n) is 4.99. The van der Waals surface area contributed by atoms with Crippen molar-refractivity contribution in [1.82, 2.24) is 4.90 Å². The molecule has 4 rings (SSSR count). The van der Waals surface area contributed by atoms with E-state index in [1.165, 1.54) is 22.6 Å². The second-order valence-electron chi connectivity index (χ2n) is 6.82. The normalized spacial score (nSPS) is 22.4. The minimum atomic E-state index is -0.319. The summed E-state index contributed by atoms with van der Waals surface area (Å²) >= 11 is 1.56. The second kappa shape index (κ2) is 7.55. The summed E-state index contributed by atoms with van der Waals surface area (Å²) in [7, 11) is 0. The van der Waals surface area contributed by atoms with E-state index < -0.39 is 0 Å². The van der Waals surface area contributed by atoms with Gasteiger partial charge in [-0.2, -0.15) is 5.26 Å². The highest BCUT2D eigenvalue weighted by Crippen LogP contribution is 2.40. The van der Waals surface area contributed by atoms with Crippen LogP contribution < -0.4 is 4.90 Å². The Labute approximate surface area is 161 Å². The molecule has 1 amide bonds. The van der Waals surface area contributed by atoms with Gasteiger partial charge in [-0.1, -0.05) is 42.5 Å². The maximum absolute atomic E-state index is 13.2. The van der Waals surface area contributed by atoms with E-state index in [0.717, 1.165) is 23.0 Å². The highest BCUT2D eigenvalue weighted by Gasteiger charge is 2.39. The van der Waals surface area contributed by atoms with Gasteiger partial charge in [-0.15, -0.1) is 0 Å². The SMILES string of the molecule is N#CC1=C2SC[NH+](Cc3ccccc3)CN2C(=O)C[C@@H]1c1ccc(F)cc1. The largest absolute Gasteiger partial charge is 0.305 e. The number of carbonyl (C=O) groups is 1. The molecule has 27 heavy (non-hydrogen) atoms. The Morgan fingerprint density at radius 2 is 1.93 bits per heavy atom. The molecular weight excluding hydrogens is 361 g/mol. The zero-order chi connectivity index (χ0) is 18.8. The van der Waals surface area contributed by atoms with Crippen LogP contribution in [0.3, 0.4) is 0 Å². The van der Waals surface area contributed by atoms with Gasteiger partial charge in [0.15, 0.2) is 6.67 Å². The summed E-state index contributed by atoms with van der Waals surface area (Å²) in [5, 5.41) is 10.5. The van der Waals surface area contributed by atoms with Gasteiger partial charge in [-0.25, -0.2) is 4.39 Å². The van der Waals surface area contributed by atoms with Crippen molar-refractivity contribution in [3.05, 3.63) is 82.1 Å². The van der Waals surface area contributed by atoms with Crippen molar-refractivity contribution in [2.24, 2.45) is 0 Å². The molecule has 1 saturated heterocycles. The van der Waals surface area contributed by atoms with Crippen molar-refractivity contribution in [3.63, 3.8) is 0 Å². The monoisotopic (exact) mass is 380 g/mol. The zero-order valence-corrected chi connectivity index (χ0v) is 15.5. The molecule has 1 unspecified atom stereocenters. The van der Waals surface area contributed by atoms with Crippen LogP contribution in [0.1, 0.15) is 23.5 Å². The number of nitriles is 1. The number of nitrogens with one attached hydrogen (secondary N) is 1. The third kappa shape index (κ3) is 3.61. The molecule has 0 aliphatic carbocycles. The van der Waals surface area contributed by atoms with Gasteiger partial charge in [-0.05, 0) is 29.5 Å². The van der Waals surface area contributed by atoms with Crippen LogP contribution in [0.5, 0.6) is 0 Å². The number of amides is 1. The number of nitrogens with zero attached hydrogens (tertiary/aromatic N) is 2. The first-order valence-corrected chi connectivity index (χ1v) is 9.84. The molecule has 0 spiro atoms. The van der Waals surface area contributed by atoms with Crippen molar-refractivity contribution in [1.29, 1.82) is 5.26 Å². The lowest BCUT2D eigenvalue weighted by Gasteiger charge is -2.39. The van der Waals surface area contributed by atoms with E-state index in [4.69, 9.17) is 0 Å². The predicted octanol–water partition coefficient (Wildman–Crippen LogP) is 2.62. The molecule has 2 aliphatic rings. The molecule has 0 bridgehead atoms. The predicted molar refractivity (Wildman–Crippen MR) is 102 cm³/mol. The van der Waals surface area contributed by atoms with Gasteiger partial charge in [0, 0.05) is 17.9 Å². The van der Waals surface area contributed by atoms with E-state index in [2.05, 4.69) is 18.2 Å². The number of rotatable bonds is 3. The topological polar surface area (TPSA) is 48.5 Å². The van der Waals surface area contributed by atoms with E-state index in [-0.39, 0.29) is 24.1 Å². The summed E-state index contributed by atoms with van der Waals surface area (Å²) in [4.78, 5) is 15.9. The summed E-state index contributed by atoms with van der Waals surface area (Å²) in [6.07, 6.45) is 0.247. The van der Waals surface area contributed by atoms with Crippen LogP contribution >= 0.6 is 11.8 Å². The van der Waals surface area contributed by atoms with E-state index in [9.17, 15) is 14.4 Å². The smallest absolute Gasteiger partial charge is 0.232 e. The van der Waals surface area contributed by atoms with Crippen LogP contribution in [0.15, 0.2) is 65.2 Å². The Bertz CT molecular complexity index is 921. The van der Waals surface area contributed by atoms with Gasteiger partial charge < -0.3 is 4.90 Å². The Morgan fingerprint density at radius 1 is 1.19 bits per heavy atom. The Hall–Kier alpha value is -2.62. The van der Waals surface area contributed by atoms with E-state index >= 15 is 0 Å². The molecule has 1 fully saturated rings. The van der Waals surface area contributed by atoms with Gasteiger partial charge in [0.05, 0.1) is 11.6 Å². The minimum Gasteiger partial charge on any atom is -0.305 e. The van der Waals surface area contributed by atoms with Crippen LogP contribution in [-0.4, -0.2) is 23.4 Å². The average molecular weight is 380 g/mol. The number of thioether (sulfide) groups is 1. The molecule has 1 N–H and O–H groups in total. The van der Waals surface area contributed by atoms with Gasteiger partial charge in [0.1, 0.15) is 23.3 Å². The molecular formula is C21H19FN3OS+. The fourth-order valence-electron chi connectivity index (χ4n) is 3.65. The number of allylic oxidation sites excluding steroid dienone is 1. The number of hydrogen-bond donors (Lipinski definition) is 1. The van der Waals surface area contributed by atoms with Gasteiger partial charge in [0.25, 0.3) is 0 Å². The maximum Gasteiger partial charge on any atom is 0.232 e. The molecule has 2 atom stereocenters. The van der Waals surface area contributed by atoms with E-state index in [0.29, 0.717) is 12.2 Å². The van der Waals surface area contributed by atoms with E-state index in [1.54, 1.807) is 28.8 Å². The highest BCUT2D eigenvalue weighted by atomic mass is 32.2. The van der Waals surface area contributed by atoms with Crippen LogP contribution in [-0.2, 0) is 11.3 Å². The number of fused-ring (bicyclic) bond motifs is 1. The summed E-state index contributed by atoms with van der Waals surface area (Å²) in [5.74, 6) is 0.212. The Balaban J connectivity index is 1.59. The molecule has 2 aromatic rings. The van der Waals surface area contributed by atoms with Crippen LogP contribution in [0.2, 0.25) is 0 Å². The third-order valence-corrected chi connectivity index (χ3v) is 6.25. The molecule has 6 heteroatoms. The Kier molecular flexibility index (Phi) is 4.97. The van der Waals surface area contributed by atoms with Crippen LogP contribution in [0.4, 0.5) is 4.39 Å². The number of benzene rings is 2. The van der Waals surface area contributed by atoms with Gasteiger partial charge >= 0.3 is 0 Å². The molecule has 0 saturated carbocycles. The molecule has 0 aromatic heterocycles. The lowest BCUT2D eigenvalue weighted by atomic mass is 9.86. The molecule has 2 aliphatic heterocycles. The van der Waals surface area contributed by atoms with Crippen molar-refractivity contribution >= 4 is 17.7 Å². The Morgan fingerprint density at radius 3 is 2.63 bits per heavy atom. The fraction of sp³-hybridized carbons (Fsp3) is 0.238. The molecule has 4 nitrogen and oxygen atoms in total. The molecule has 0 radical (unpaired) electrons. The molecule has 2 aromatic carbocycles. The second-order valence-corrected chi connectivity index (χ2v) is 7.78. The number of halogens is 1. The van der Waals surface area contributed by atoms with Crippen molar-refractivity contribution in [2.75, 3.05) is 12.5 Å². The quantitative estimate of drug-likeness (QED) is 0.891. The van der Waals surface area contributed by atoms with Crippen LogP contribution in [0.25, 0.3) is 0 Å². The lowest BCUT2D eigenvalue weighted by Crippen LogP contribution is -3.12. The minimum absolute atomic E-state index is 0.0242. The van der Waals surface area contributed by atoms with Crippen molar-refractivity contribution in [3.8, 4) is 6.07 Å². The molecule has 2 heterocycles. The fourth-order valence-corrected chi connectivity index (χ4v) is 4.85. The van der Waals surface area contributed by atoms with E-state index in [1.807, 2.05) is 18.2 Å². The number of quaternary nitrogens is 1. The lowest BCUT2D eigenvalue weighted by molar-refractivity contribution is -0.910. The first-order chi connectivity index (χ1) is 13.2. The summed E-state index contributed by atoms with van der Waals surface area (Å²) < 4.78 is 13.2. The highest BCUT2D eigenvalue weighted by molar-refractivity contribution is 8.02. The first kappa shape index (κ1) is 17.8. The standard InChI is InChI=1S/C21H18FN3OS/c22-17-8-6-16(7-9-17)18-10-20(26)25-13-24(12-15-4-2-1-3-5-15)14-27-21(25)19(18)11-23/h1-9,18H,10,12-14H2/p+1/t18-/m1/s1. The van der Waals surface area contributed by atoms with Crippen molar-refractivity contribution in [2.45, 2.75) is 18.9 Å². The maximum atomic E-state index is 13.2. The summed E-state index contributed by atoms with van der Waals surface area (Å²) in [5.41, 5.74) is 2.66. The first-order valence-electron chi connectivity index (χ1n) is 8.86. The summed E-state index contributed by atoms with van der Waals surface area (Å²) in [6, 6.07) is 18.6.